The molecule has 7 nitrogen and oxygen atoms in total. The molecule has 0 aliphatic carbocycles. The lowest BCUT2D eigenvalue weighted by molar-refractivity contribution is -0.113. The van der Waals surface area contributed by atoms with Crippen LogP contribution in [0.2, 0.25) is 0 Å². The molecule has 9 heteroatoms. The highest BCUT2D eigenvalue weighted by Gasteiger charge is 2.34. The molecule has 0 unspecified atom stereocenters. The third kappa shape index (κ3) is 5.57. The Morgan fingerprint density at radius 2 is 1.89 bits per heavy atom. The molecule has 2 heterocycles. The van der Waals surface area contributed by atoms with Gasteiger partial charge in [0, 0.05) is 21.6 Å². The first-order valence-corrected chi connectivity index (χ1v) is 13.5. The largest absolute Gasteiger partial charge is 0.497 e. The summed E-state index contributed by atoms with van der Waals surface area (Å²) in [6.45, 7) is 3.98. The summed E-state index contributed by atoms with van der Waals surface area (Å²) < 4.78 is 7.96. The van der Waals surface area contributed by atoms with Crippen LogP contribution in [0.5, 0.6) is 5.75 Å². The molecule has 0 radical (unpaired) electrons. The Morgan fingerprint density at radius 1 is 1.11 bits per heavy atom. The van der Waals surface area contributed by atoms with Crippen molar-refractivity contribution in [3.63, 3.8) is 0 Å². The number of hydrogen-bond acceptors (Lipinski definition) is 6. The fraction of sp³-hybridized carbons (Fsp3) is 0.179. The van der Waals surface area contributed by atoms with Crippen molar-refractivity contribution in [2.24, 2.45) is 0 Å². The van der Waals surface area contributed by atoms with Gasteiger partial charge in [0.2, 0.25) is 11.1 Å². The molecule has 0 bridgehead atoms. The van der Waals surface area contributed by atoms with Gasteiger partial charge in [-0.15, -0.1) is 5.10 Å². The molecule has 1 aliphatic rings. The third-order valence-corrected chi connectivity index (χ3v) is 7.44. The number of thioether (sulfide) groups is 1. The predicted molar refractivity (Wildman–Crippen MR) is 151 cm³/mol. The Kier molecular flexibility index (Phi) is 7.34. The number of benzene rings is 3. The second kappa shape index (κ2) is 10.8. The Hall–Kier alpha value is -3.56. The normalized spacial score (nSPS) is 14.6. The Morgan fingerprint density at radius 3 is 2.62 bits per heavy atom. The molecule has 37 heavy (non-hydrogen) atoms. The molecule has 4 aromatic rings. The predicted octanol–water partition coefficient (Wildman–Crippen LogP) is 6.58. The topological polar surface area (TPSA) is 81.1 Å². The van der Waals surface area contributed by atoms with E-state index in [1.165, 1.54) is 11.1 Å². The number of allylic oxidation sites excluding steroid dienone is 1. The van der Waals surface area contributed by atoms with Crippen LogP contribution < -0.4 is 15.4 Å². The Labute approximate surface area is 228 Å². The van der Waals surface area contributed by atoms with Gasteiger partial charge in [-0.05, 0) is 61.4 Å². The summed E-state index contributed by atoms with van der Waals surface area (Å²) in [4.78, 5) is 18.4. The molecular weight excluding hydrogens is 550 g/mol. The summed E-state index contributed by atoms with van der Waals surface area (Å²) in [5.41, 5.74) is 5.34. The lowest BCUT2D eigenvalue weighted by Crippen LogP contribution is -2.31. The molecule has 1 aromatic heterocycles. The van der Waals surface area contributed by atoms with Crippen LogP contribution in [0.4, 0.5) is 11.6 Å². The van der Waals surface area contributed by atoms with E-state index in [1.807, 2.05) is 55.5 Å². The first kappa shape index (κ1) is 25.1. The van der Waals surface area contributed by atoms with Crippen molar-refractivity contribution < 1.29 is 9.53 Å². The van der Waals surface area contributed by atoms with Crippen molar-refractivity contribution in [3.05, 3.63) is 105 Å². The van der Waals surface area contributed by atoms with Crippen LogP contribution >= 0.6 is 27.7 Å². The smallest absolute Gasteiger partial charge is 0.255 e. The minimum Gasteiger partial charge on any atom is -0.497 e. The number of aryl methyl sites for hydroxylation is 1. The summed E-state index contributed by atoms with van der Waals surface area (Å²) in [6.07, 6.45) is 0. The molecule has 0 saturated heterocycles. The minimum absolute atomic E-state index is 0.213. The highest BCUT2D eigenvalue weighted by atomic mass is 79.9. The summed E-state index contributed by atoms with van der Waals surface area (Å²) in [6, 6.07) is 23.2. The van der Waals surface area contributed by atoms with E-state index < -0.39 is 6.04 Å². The Bertz CT molecular complexity index is 1480. The number of nitrogens with zero attached hydrogens (tertiary/aromatic N) is 3. The first-order valence-electron chi connectivity index (χ1n) is 11.7. The molecule has 2 N–H and O–H groups in total. The third-order valence-electron chi connectivity index (χ3n) is 6.04. The van der Waals surface area contributed by atoms with Crippen molar-refractivity contribution >= 4 is 45.2 Å². The molecule has 188 valence electrons. The highest BCUT2D eigenvalue weighted by Crippen LogP contribution is 2.37. The molecule has 1 amide bonds. The molecule has 0 spiro atoms. The van der Waals surface area contributed by atoms with Crippen LogP contribution in [0.15, 0.2) is 93.7 Å². The van der Waals surface area contributed by atoms with Crippen molar-refractivity contribution in [2.75, 3.05) is 17.7 Å². The number of methoxy groups -OCH3 is 1. The second-order valence-electron chi connectivity index (χ2n) is 8.74. The van der Waals surface area contributed by atoms with E-state index in [0.29, 0.717) is 22.4 Å². The summed E-state index contributed by atoms with van der Waals surface area (Å²) >= 11 is 5.15. The quantitative estimate of drug-likeness (QED) is 0.242. The van der Waals surface area contributed by atoms with Crippen molar-refractivity contribution in [1.29, 1.82) is 0 Å². The zero-order valence-corrected chi connectivity index (χ0v) is 23.1. The zero-order chi connectivity index (χ0) is 25.9. The number of fused-ring (bicyclic) bond motifs is 1. The minimum atomic E-state index is -0.451. The van der Waals surface area contributed by atoms with Crippen LogP contribution in [0.3, 0.4) is 0 Å². The summed E-state index contributed by atoms with van der Waals surface area (Å²) in [7, 11) is 1.61. The monoisotopic (exact) mass is 575 g/mol. The van der Waals surface area contributed by atoms with Gasteiger partial charge in [-0.2, -0.15) is 4.98 Å². The van der Waals surface area contributed by atoms with Gasteiger partial charge in [0.05, 0.1) is 12.7 Å². The van der Waals surface area contributed by atoms with Gasteiger partial charge < -0.3 is 15.4 Å². The van der Waals surface area contributed by atoms with Crippen LogP contribution in [0.25, 0.3) is 0 Å². The van der Waals surface area contributed by atoms with Crippen molar-refractivity contribution in [3.8, 4) is 5.75 Å². The molecule has 1 aliphatic heterocycles. The number of ether oxygens (including phenoxy) is 1. The van der Waals surface area contributed by atoms with E-state index in [-0.39, 0.29) is 5.91 Å². The average molecular weight is 577 g/mol. The van der Waals surface area contributed by atoms with E-state index in [0.717, 1.165) is 27.2 Å². The lowest BCUT2D eigenvalue weighted by atomic mass is 9.95. The first-order chi connectivity index (χ1) is 17.9. The number of anilines is 2. The summed E-state index contributed by atoms with van der Waals surface area (Å²) in [5.74, 6) is 1.87. The van der Waals surface area contributed by atoms with Gasteiger partial charge in [0.15, 0.2) is 0 Å². The zero-order valence-electron chi connectivity index (χ0n) is 20.7. The van der Waals surface area contributed by atoms with Crippen LogP contribution in [-0.2, 0) is 10.5 Å². The lowest BCUT2D eigenvalue weighted by Gasteiger charge is -2.28. The number of rotatable bonds is 7. The maximum atomic E-state index is 13.6. The average Bonchev–Trinajstić information content (AvgIpc) is 3.29. The van der Waals surface area contributed by atoms with E-state index in [4.69, 9.17) is 14.8 Å². The van der Waals surface area contributed by atoms with Gasteiger partial charge in [0.25, 0.3) is 5.91 Å². The van der Waals surface area contributed by atoms with E-state index >= 15 is 0 Å². The standard InChI is InChI=1S/C28H26BrN5O2S/c1-17-6-4-7-19(14-17)16-37-28-32-27-30-18(2)24(26(35)31-22-10-12-23(36-3)13-11-22)25(34(27)33-28)20-8-5-9-21(29)15-20/h4-15,25H,16H2,1-3H3,(H,31,35)(H,30,32,33)/t25-/m1/s1. The molecular formula is C28H26BrN5O2S. The number of carbonyl (C=O) groups excluding carboxylic acids is 1. The van der Waals surface area contributed by atoms with Crippen molar-refractivity contribution in [1.82, 2.24) is 14.8 Å². The fourth-order valence-electron chi connectivity index (χ4n) is 4.29. The highest BCUT2D eigenvalue weighted by molar-refractivity contribution is 9.10. The number of carbonyl (C=O) groups is 1. The van der Waals surface area contributed by atoms with Crippen LogP contribution in [0, 0.1) is 6.92 Å². The number of halogens is 1. The van der Waals surface area contributed by atoms with Gasteiger partial charge in [-0.25, -0.2) is 4.68 Å². The second-order valence-corrected chi connectivity index (χ2v) is 10.6. The van der Waals surface area contributed by atoms with Gasteiger partial charge >= 0.3 is 0 Å². The number of aromatic nitrogens is 3. The summed E-state index contributed by atoms with van der Waals surface area (Å²) in [5, 5.41) is 11.8. The number of hydrogen-bond donors (Lipinski definition) is 2. The molecule has 0 fully saturated rings. The van der Waals surface area contributed by atoms with E-state index in [9.17, 15) is 4.79 Å². The molecule has 0 saturated carbocycles. The molecule has 1 atom stereocenters. The maximum Gasteiger partial charge on any atom is 0.255 e. The molecule has 5 rings (SSSR count). The fourth-order valence-corrected chi connectivity index (χ4v) is 5.48. The number of nitrogens with one attached hydrogen (secondary N) is 2. The Balaban J connectivity index is 1.47. The maximum absolute atomic E-state index is 13.6. The van der Waals surface area contributed by atoms with Crippen molar-refractivity contribution in [2.45, 2.75) is 30.8 Å². The molecule has 3 aromatic carbocycles. The van der Waals surface area contributed by atoms with Gasteiger partial charge in [0.1, 0.15) is 11.8 Å². The van der Waals surface area contributed by atoms with Gasteiger partial charge in [-0.3, -0.25) is 4.79 Å². The van der Waals surface area contributed by atoms with Gasteiger partial charge in [-0.1, -0.05) is 69.7 Å². The van der Waals surface area contributed by atoms with E-state index in [2.05, 4.69) is 57.8 Å². The van der Waals surface area contributed by atoms with E-state index in [1.54, 1.807) is 23.6 Å². The van der Waals surface area contributed by atoms with Crippen LogP contribution in [-0.4, -0.2) is 27.8 Å². The van der Waals surface area contributed by atoms with Crippen LogP contribution in [0.1, 0.15) is 29.7 Å². The number of amides is 1. The SMILES string of the molecule is COc1ccc(NC(=O)C2=C(C)Nc3nc(SCc4cccc(C)c4)nn3[C@@H]2c2cccc(Br)c2)cc1.